The number of hydrogen-bond donors (Lipinski definition) is 2. The Labute approximate surface area is 139 Å². The first-order chi connectivity index (χ1) is 11.0. The molecule has 0 bridgehead atoms. The number of aryl methyl sites for hydroxylation is 2. The van der Waals surface area contributed by atoms with Crippen LogP contribution in [0, 0.1) is 13.8 Å². The summed E-state index contributed by atoms with van der Waals surface area (Å²) >= 11 is 1.25. The highest BCUT2D eigenvalue weighted by atomic mass is 32.2. The van der Waals surface area contributed by atoms with Crippen LogP contribution in [0.3, 0.4) is 0 Å². The molecule has 23 heavy (non-hydrogen) atoms. The van der Waals surface area contributed by atoms with Gasteiger partial charge in [0.2, 0.25) is 0 Å². The number of aromatic nitrogens is 2. The van der Waals surface area contributed by atoms with Crippen molar-refractivity contribution in [2.45, 2.75) is 25.9 Å². The van der Waals surface area contributed by atoms with Gasteiger partial charge in [-0.05, 0) is 39.0 Å². The average molecular weight is 330 g/mol. The Morgan fingerprint density at radius 1 is 1.26 bits per heavy atom. The Bertz CT molecular complexity index is 726. The molecule has 0 aliphatic rings. The lowest BCUT2D eigenvalue weighted by Crippen LogP contribution is -2.21. The maximum atomic E-state index is 11.8. The summed E-state index contributed by atoms with van der Waals surface area (Å²) in [6.07, 6.45) is 0. The number of hydrogen-bond acceptors (Lipinski definition) is 6. The van der Waals surface area contributed by atoms with Gasteiger partial charge in [-0.25, -0.2) is 15.4 Å². The van der Waals surface area contributed by atoms with Crippen molar-refractivity contribution in [2.24, 2.45) is 5.10 Å². The molecule has 1 aromatic carbocycles. The molecule has 120 valence electrons. The van der Waals surface area contributed by atoms with Gasteiger partial charge in [0.1, 0.15) is 5.75 Å². The van der Waals surface area contributed by atoms with E-state index >= 15 is 0 Å². The van der Waals surface area contributed by atoms with Gasteiger partial charge in [-0.15, -0.1) is 0 Å². The number of para-hydroxylation sites is 1. The van der Waals surface area contributed by atoms with Gasteiger partial charge in [-0.3, -0.25) is 4.79 Å². The topological polar surface area (TPSA) is 87.5 Å². The molecule has 0 aliphatic carbocycles. The molecule has 2 rings (SSSR count). The number of rotatable bonds is 5. The number of phenolic OH excluding ortho intramolecular Hbond substituents is 1. The molecule has 0 saturated carbocycles. The van der Waals surface area contributed by atoms with E-state index in [4.69, 9.17) is 0 Å². The minimum atomic E-state index is -0.257. The molecule has 0 saturated heterocycles. The predicted octanol–water partition coefficient (Wildman–Crippen LogP) is 2.43. The second-order valence-corrected chi connectivity index (χ2v) is 5.91. The lowest BCUT2D eigenvalue weighted by atomic mass is 10.1. The molecular weight excluding hydrogens is 312 g/mol. The largest absolute Gasteiger partial charge is 0.507 e. The number of amides is 1. The first kappa shape index (κ1) is 17.0. The highest BCUT2D eigenvalue weighted by molar-refractivity contribution is 7.99. The number of benzene rings is 1. The molecule has 2 N–H and O–H groups in total. The third-order valence-electron chi connectivity index (χ3n) is 2.94. The van der Waals surface area contributed by atoms with Crippen molar-refractivity contribution < 1.29 is 9.90 Å². The summed E-state index contributed by atoms with van der Waals surface area (Å²) in [4.78, 5) is 20.4. The SMILES string of the molecule is CC(=NNC(=O)CSc1nc(C)cc(C)n1)c1ccccc1O. The highest BCUT2D eigenvalue weighted by Gasteiger charge is 2.07. The summed E-state index contributed by atoms with van der Waals surface area (Å²) in [5.74, 6) is 0.0361. The van der Waals surface area contributed by atoms with Crippen molar-refractivity contribution in [3.05, 3.63) is 47.3 Å². The van der Waals surface area contributed by atoms with Crippen molar-refractivity contribution in [1.29, 1.82) is 0 Å². The summed E-state index contributed by atoms with van der Waals surface area (Å²) in [6.45, 7) is 5.49. The Hall–Kier alpha value is -2.41. The van der Waals surface area contributed by atoms with E-state index in [-0.39, 0.29) is 17.4 Å². The Balaban J connectivity index is 1.92. The third-order valence-corrected chi connectivity index (χ3v) is 3.78. The number of aromatic hydroxyl groups is 1. The van der Waals surface area contributed by atoms with Crippen LogP contribution in [0.2, 0.25) is 0 Å². The maximum absolute atomic E-state index is 11.8. The van der Waals surface area contributed by atoms with Gasteiger partial charge in [0.05, 0.1) is 11.5 Å². The number of nitrogens with zero attached hydrogens (tertiary/aromatic N) is 3. The van der Waals surface area contributed by atoms with Crippen molar-refractivity contribution in [2.75, 3.05) is 5.75 Å². The fourth-order valence-corrected chi connectivity index (χ4v) is 2.65. The smallest absolute Gasteiger partial charge is 0.250 e. The molecule has 0 unspecified atom stereocenters. The molecule has 0 spiro atoms. The van der Waals surface area contributed by atoms with E-state index in [0.29, 0.717) is 16.4 Å². The molecule has 6 nitrogen and oxygen atoms in total. The average Bonchev–Trinajstić information content (AvgIpc) is 2.50. The Morgan fingerprint density at radius 3 is 2.57 bits per heavy atom. The van der Waals surface area contributed by atoms with Crippen molar-refractivity contribution in [3.63, 3.8) is 0 Å². The second-order valence-electron chi connectivity index (χ2n) is 4.97. The molecular formula is C16H18N4O2S. The van der Waals surface area contributed by atoms with Crippen LogP contribution >= 0.6 is 11.8 Å². The lowest BCUT2D eigenvalue weighted by Gasteiger charge is -2.05. The highest BCUT2D eigenvalue weighted by Crippen LogP contribution is 2.16. The monoisotopic (exact) mass is 330 g/mol. The van der Waals surface area contributed by atoms with Gasteiger partial charge >= 0.3 is 0 Å². The zero-order chi connectivity index (χ0) is 16.8. The van der Waals surface area contributed by atoms with E-state index in [2.05, 4.69) is 20.5 Å². The van der Waals surface area contributed by atoms with Crippen LogP contribution < -0.4 is 5.43 Å². The molecule has 0 radical (unpaired) electrons. The van der Waals surface area contributed by atoms with E-state index in [0.717, 1.165) is 11.4 Å². The van der Waals surface area contributed by atoms with Crippen molar-refractivity contribution in [3.8, 4) is 5.75 Å². The number of carbonyl (C=O) groups excluding carboxylic acids is 1. The van der Waals surface area contributed by atoms with Gasteiger partial charge in [0.25, 0.3) is 5.91 Å². The summed E-state index contributed by atoms with van der Waals surface area (Å²) in [5, 5.41) is 14.3. The van der Waals surface area contributed by atoms with Crippen molar-refractivity contribution >= 4 is 23.4 Å². The fraction of sp³-hybridized carbons (Fsp3) is 0.250. The van der Waals surface area contributed by atoms with Crippen LogP contribution in [0.25, 0.3) is 0 Å². The van der Waals surface area contributed by atoms with Crippen LogP contribution in [0.15, 0.2) is 40.6 Å². The number of carbonyl (C=O) groups is 1. The summed E-state index contributed by atoms with van der Waals surface area (Å²) in [5.41, 5.74) is 5.32. The zero-order valence-electron chi connectivity index (χ0n) is 13.2. The van der Waals surface area contributed by atoms with E-state index < -0.39 is 0 Å². The number of hydrazone groups is 1. The van der Waals surface area contributed by atoms with E-state index in [1.165, 1.54) is 11.8 Å². The molecule has 1 amide bonds. The normalized spacial score (nSPS) is 11.3. The van der Waals surface area contributed by atoms with E-state index in [9.17, 15) is 9.90 Å². The number of nitrogens with one attached hydrogen (secondary N) is 1. The zero-order valence-corrected chi connectivity index (χ0v) is 14.0. The van der Waals surface area contributed by atoms with Crippen LogP contribution in [0.5, 0.6) is 5.75 Å². The van der Waals surface area contributed by atoms with Gasteiger partial charge in [0, 0.05) is 17.0 Å². The number of thioether (sulfide) groups is 1. The maximum Gasteiger partial charge on any atom is 0.250 e. The van der Waals surface area contributed by atoms with Gasteiger partial charge in [-0.2, -0.15) is 5.10 Å². The molecule has 1 aromatic heterocycles. The van der Waals surface area contributed by atoms with Crippen LogP contribution in [0.1, 0.15) is 23.9 Å². The Kier molecular flexibility index (Phi) is 5.70. The molecule has 0 aliphatic heterocycles. The van der Waals surface area contributed by atoms with Crippen LogP contribution in [-0.4, -0.2) is 32.4 Å². The third kappa shape index (κ3) is 5.07. The van der Waals surface area contributed by atoms with E-state index in [1.54, 1.807) is 31.2 Å². The quantitative estimate of drug-likeness (QED) is 0.380. The van der Waals surface area contributed by atoms with Gasteiger partial charge in [-0.1, -0.05) is 23.9 Å². The summed E-state index contributed by atoms with van der Waals surface area (Å²) in [6, 6.07) is 8.71. The lowest BCUT2D eigenvalue weighted by molar-refractivity contribution is -0.118. The minimum absolute atomic E-state index is 0.126. The fourth-order valence-electron chi connectivity index (χ4n) is 1.91. The first-order valence-electron chi connectivity index (χ1n) is 7.02. The van der Waals surface area contributed by atoms with Gasteiger partial charge < -0.3 is 5.11 Å². The second kappa shape index (κ2) is 7.73. The minimum Gasteiger partial charge on any atom is -0.507 e. The number of phenols is 1. The van der Waals surface area contributed by atoms with Crippen molar-refractivity contribution in [1.82, 2.24) is 15.4 Å². The standard InChI is InChI=1S/C16H18N4O2S/c1-10-8-11(2)18-16(17-10)23-9-15(22)20-19-12(3)13-6-4-5-7-14(13)21/h4-8,21H,9H2,1-3H3,(H,20,22). The molecule has 0 atom stereocenters. The first-order valence-corrected chi connectivity index (χ1v) is 8.01. The molecule has 7 heteroatoms. The van der Waals surface area contributed by atoms with Crippen LogP contribution in [0.4, 0.5) is 0 Å². The molecule has 0 fully saturated rings. The summed E-state index contributed by atoms with van der Waals surface area (Å²) in [7, 11) is 0. The van der Waals surface area contributed by atoms with Crippen LogP contribution in [-0.2, 0) is 4.79 Å². The van der Waals surface area contributed by atoms with Gasteiger partial charge in [0.15, 0.2) is 5.16 Å². The summed E-state index contributed by atoms with van der Waals surface area (Å²) < 4.78 is 0. The predicted molar refractivity (Wildman–Crippen MR) is 90.7 cm³/mol. The Morgan fingerprint density at radius 2 is 1.91 bits per heavy atom. The van der Waals surface area contributed by atoms with E-state index in [1.807, 2.05) is 19.9 Å². The molecule has 2 aromatic rings. The molecule has 1 heterocycles.